The molecule has 0 aliphatic heterocycles. The summed E-state index contributed by atoms with van der Waals surface area (Å²) in [6.45, 7) is 6.56. The number of rotatable bonds is 56. The maximum atomic E-state index is 12.9. The Morgan fingerprint density at radius 2 is 0.557 bits per heavy atom. The quantitative estimate of drug-likeness (QED) is 0.0261. The molecule has 0 aliphatic rings. The number of hydrogen-bond acceptors (Lipinski definition) is 6. The van der Waals surface area contributed by atoms with E-state index in [2.05, 4.69) is 69.4 Å². The SMILES string of the molecule is CC/C=C\C/C=C\C/C=C\CCCCCCCCCCCC(=O)OCC(COC(=O)CCCCCCCCC/C=C\CCCCCC)OC(=O)CCCCCCCCCCCCCCCCCCCC. The first-order valence-electron chi connectivity index (χ1n) is 30.6. The molecule has 70 heavy (non-hydrogen) atoms. The van der Waals surface area contributed by atoms with Crippen molar-refractivity contribution in [3.63, 3.8) is 0 Å². The van der Waals surface area contributed by atoms with E-state index in [9.17, 15) is 14.4 Å². The Hall–Kier alpha value is -2.63. The molecule has 6 heteroatoms. The number of unbranched alkanes of at least 4 members (excludes halogenated alkanes) is 37. The Bertz CT molecular complexity index is 1220. The van der Waals surface area contributed by atoms with Gasteiger partial charge in [-0.25, -0.2) is 0 Å². The molecule has 0 heterocycles. The van der Waals surface area contributed by atoms with E-state index < -0.39 is 6.10 Å². The van der Waals surface area contributed by atoms with Gasteiger partial charge in [0.05, 0.1) is 0 Å². The minimum Gasteiger partial charge on any atom is -0.462 e. The highest BCUT2D eigenvalue weighted by molar-refractivity contribution is 5.71. The van der Waals surface area contributed by atoms with E-state index in [1.165, 1.54) is 205 Å². The summed E-state index contributed by atoms with van der Waals surface area (Å²) in [4.78, 5) is 38.3. The molecule has 1 atom stereocenters. The Kier molecular flexibility index (Phi) is 56.7. The van der Waals surface area contributed by atoms with Crippen molar-refractivity contribution in [3.8, 4) is 0 Å². The van der Waals surface area contributed by atoms with Crippen molar-refractivity contribution in [2.75, 3.05) is 13.2 Å². The lowest BCUT2D eigenvalue weighted by Crippen LogP contribution is -2.30. The average molecular weight is 982 g/mol. The average Bonchev–Trinajstić information content (AvgIpc) is 3.36. The van der Waals surface area contributed by atoms with E-state index in [1.54, 1.807) is 0 Å². The molecule has 0 aliphatic carbocycles. The van der Waals surface area contributed by atoms with Crippen LogP contribution in [0.15, 0.2) is 48.6 Å². The summed E-state index contributed by atoms with van der Waals surface area (Å²) in [6.07, 6.45) is 72.5. The first-order chi connectivity index (χ1) is 34.5. The molecule has 0 amide bonds. The first-order valence-corrected chi connectivity index (χ1v) is 30.6. The summed E-state index contributed by atoms with van der Waals surface area (Å²) in [7, 11) is 0. The molecule has 6 nitrogen and oxygen atoms in total. The number of carbonyl (C=O) groups excluding carboxylic acids is 3. The normalized spacial score (nSPS) is 12.3. The largest absolute Gasteiger partial charge is 0.462 e. The van der Waals surface area contributed by atoms with Gasteiger partial charge < -0.3 is 14.2 Å². The molecule has 408 valence electrons. The smallest absolute Gasteiger partial charge is 0.306 e. The molecule has 0 fully saturated rings. The summed E-state index contributed by atoms with van der Waals surface area (Å²) in [5, 5.41) is 0. The predicted molar refractivity (Wildman–Crippen MR) is 302 cm³/mol. The summed E-state index contributed by atoms with van der Waals surface area (Å²) in [5.74, 6) is -0.863. The third-order valence-corrected chi connectivity index (χ3v) is 13.6. The maximum Gasteiger partial charge on any atom is 0.306 e. The van der Waals surface area contributed by atoms with Crippen molar-refractivity contribution >= 4 is 17.9 Å². The predicted octanol–water partition coefficient (Wildman–Crippen LogP) is 20.6. The zero-order valence-corrected chi connectivity index (χ0v) is 46.8. The fraction of sp³-hybridized carbons (Fsp3) is 0.828. The third-order valence-electron chi connectivity index (χ3n) is 13.6. The van der Waals surface area contributed by atoms with Gasteiger partial charge in [0.1, 0.15) is 13.2 Å². The second-order valence-corrected chi connectivity index (χ2v) is 20.6. The van der Waals surface area contributed by atoms with Crippen LogP contribution >= 0.6 is 0 Å². The van der Waals surface area contributed by atoms with Crippen LogP contribution in [0.3, 0.4) is 0 Å². The van der Waals surface area contributed by atoms with Crippen LogP contribution in [0.1, 0.15) is 323 Å². The van der Waals surface area contributed by atoms with Gasteiger partial charge in [-0.1, -0.05) is 275 Å². The molecule has 1 unspecified atom stereocenters. The van der Waals surface area contributed by atoms with Gasteiger partial charge in [0.15, 0.2) is 6.10 Å². The van der Waals surface area contributed by atoms with E-state index in [0.29, 0.717) is 19.3 Å². The summed E-state index contributed by atoms with van der Waals surface area (Å²) in [5.41, 5.74) is 0. The zero-order chi connectivity index (χ0) is 50.7. The molecule has 0 spiro atoms. The summed E-state index contributed by atoms with van der Waals surface area (Å²) < 4.78 is 16.9. The van der Waals surface area contributed by atoms with Gasteiger partial charge >= 0.3 is 17.9 Å². The fourth-order valence-corrected chi connectivity index (χ4v) is 8.98. The van der Waals surface area contributed by atoms with Crippen molar-refractivity contribution in [1.82, 2.24) is 0 Å². The molecule has 0 rings (SSSR count). The minimum atomic E-state index is -0.775. The maximum absolute atomic E-state index is 12.9. The van der Waals surface area contributed by atoms with Crippen molar-refractivity contribution in [2.24, 2.45) is 0 Å². The second-order valence-electron chi connectivity index (χ2n) is 20.6. The molecule has 0 aromatic carbocycles. The van der Waals surface area contributed by atoms with Gasteiger partial charge in [0.2, 0.25) is 0 Å². The Morgan fingerprint density at radius 3 is 0.900 bits per heavy atom. The molecule has 0 N–H and O–H groups in total. The highest BCUT2D eigenvalue weighted by atomic mass is 16.6. The number of carbonyl (C=O) groups is 3. The van der Waals surface area contributed by atoms with Crippen LogP contribution in [0.5, 0.6) is 0 Å². The van der Waals surface area contributed by atoms with Gasteiger partial charge in [-0.2, -0.15) is 0 Å². The van der Waals surface area contributed by atoms with Gasteiger partial charge in [-0.05, 0) is 77.0 Å². The number of allylic oxidation sites excluding steroid dienone is 8. The highest BCUT2D eigenvalue weighted by Gasteiger charge is 2.19. The first kappa shape index (κ1) is 67.4. The van der Waals surface area contributed by atoms with E-state index in [-0.39, 0.29) is 31.1 Å². The topological polar surface area (TPSA) is 78.9 Å². The van der Waals surface area contributed by atoms with Crippen LogP contribution in [0, 0.1) is 0 Å². The monoisotopic (exact) mass is 981 g/mol. The molecule has 0 saturated carbocycles. The molecular formula is C64H116O6. The summed E-state index contributed by atoms with van der Waals surface area (Å²) >= 11 is 0. The van der Waals surface area contributed by atoms with Crippen LogP contribution in [-0.4, -0.2) is 37.2 Å². The second kappa shape index (κ2) is 58.9. The van der Waals surface area contributed by atoms with Crippen molar-refractivity contribution < 1.29 is 28.6 Å². The van der Waals surface area contributed by atoms with Crippen molar-refractivity contribution in [3.05, 3.63) is 48.6 Å². The van der Waals surface area contributed by atoms with E-state index in [0.717, 1.165) is 77.0 Å². The fourth-order valence-electron chi connectivity index (χ4n) is 8.98. The third kappa shape index (κ3) is 56.3. The van der Waals surface area contributed by atoms with Crippen LogP contribution in [0.4, 0.5) is 0 Å². The van der Waals surface area contributed by atoms with Crippen LogP contribution in [0.25, 0.3) is 0 Å². The van der Waals surface area contributed by atoms with Gasteiger partial charge in [0, 0.05) is 19.3 Å². The van der Waals surface area contributed by atoms with Gasteiger partial charge in [-0.3, -0.25) is 14.4 Å². The van der Waals surface area contributed by atoms with Crippen molar-refractivity contribution in [1.29, 1.82) is 0 Å². The lowest BCUT2D eigenvalue weighted by atomic mass is 10.0. The molecular weight excluding hydrogens is 865 g/mol. The Balaban J connectivity index is 4.34. The van der Waals surface area contributed by atoms with Gasteiger partial charge in [0.25, 0.3) is 0 Å². The highest BCUT2D eigenvalue weighted by Crippen LogP contribution is 2.17. The molecule has 0 aromatic heterocycles. The zero-order valence-electron chi connectivity index (χ0n) is 46.8. The minimum absolute atomic E-state index is 0.0735. The lowest BCUT2D eigenvalue weighted by Gasteiger charge is -2.18. The lowest BCUT2D eigenvalue weighted by molar-refractivity contribution is -0.167. The standard InChI is InChI=1S/C64H116O6/c1-4-7-10-13-16-19-22-25-28-30-32-34-36-39-42-45-48-51-54-57-63(66)69-60-61(59-68-62(65)56-53-50-47-44-41-38-35-27-24-21-18-15-12-9-6-3)70-64(67)58-55-52-49-46-43-40-37-33-31-29-26-23-20-17-14-11-8-5-2/h7,10,16,19,21,24-25,28,61H,4-6,8-9,11-15,17-18,20,22-23,26-27,29-60H2,1-3H3/b10-7-,19-16-,24-21-,28-25-. The number of hydrogen-bond donors (Lipinski definition) is 0. The van der Waals surface area contributed by atoms with E-state index in [1.807, 2.05) is 0 Å². The summed E-state index contributed by atoms with van der Waals surface area (Å²) in [6, 6.07) is 0. The Morgan fingerprint density at radius 1 is 0.300 bits per heavy atom. The number of esters is 3. The van der Waals surface area contributed by atoms with Crippen LogP contribution < -0.4 is 0 Å². The number of ether oxygens (including phenoxy) is 3. The van der Waals surface area contributed by atoms with Crippen LogP contribution in [0.2, 0.25) is 0 Å². The van der Waals surface area contributed by atoms with E-state index >= 15 is 0 Å². The molecule has 0 bridgehead atoms. The molecule has 0 aromatic rings. The van der Waals surface area contributed by atoms with Gasteiger partial charge in [-0.15, -0.1) is 0 Å². The molecule has 0 radical (unpaired) electrons. The van der Waals surface area contributed by atoms with E-state index in [4.69, 9.17) is 14.2 Å². The molecule has 0 saturated heterocycles. The van der Waals surface area contributed by atoms with Crippen LogP contribution in [-0.2, 0) is 28.6 Å². The van der Waals surface area contributed by atoms with Crippen molar-refractivity contribution in [2.45, 2.75) is 329 Å². The Labute approximate surface area is 435 Å².